The molecule has 2 aromatic carbocycles. The van der Waals surface area contributed by atoms with Gasteiger partial charge in [0.05, 0.1) is 11.6 Å². The first-order valence-electron chi connectivity index (χ1n) is 6.04. The second-order valence-corrected chi connectivity index (χ2v) is 4.47. The molecule has 1 atom stereocenters. The maximum absolute atomic E-state index is 13.1. The third-order valence-electron chi connectivity index (χ3n) is 3.12. The minimum absolute atomic E-state index is 0.343. The number of hydrogen-bond donors (Lipinski definition) is 1. The van der Waals surface area contributed by atoms with Crippen LogP contribution in [0.2, 0.25) is 0 Å². The molecule has 1 N–H and O–H groups in total. The summed E-state index contributed by atoms with van der Waals surface area (Å²) in [5, 5.41) is 19.6. The Labute approximate surface area is 114 Å². The van der Waals surface area contributed by atoms with Crippen molar-refractivity contribution in [3.05, 3.63) is 71.2 Å². The molecule has 4 heteroatoms. The zero-order chi connectivity index (χ0) is 14.1. The topological polar surface area (TPSA) is 57.2 Å². The average Bonchev–Trinajstić information content (AvgIpc) is 2.89. The van der Waals surface area contributed by atoms with E-state index in [1.54, 1.807) is 30.3 Å². The van der Waals surface area contributed by atoms with Crippen molar-refractivity contribution < 1.29 is 13.9 Å². The van der Waals surface area contributed by atoms with Crippen molar-refractivity contribution in [1.82, 2.24) is 0 Å². The van der Waals surface area contributed by atoms with Crippen molar-refractivity contribution in [1.29, 1.82) is 5.26 Å². The van der Waals surface area contributed by atoms with E-state index < -0.39 is 6.10 Å². The van der Waals surface area contributed by atoms with Gasteiger partial charge in [0, 0.05) is 5.39 Å². The van der Waals surface area contributed by atoms with E-state index in [1.165, 1.54) is 18.2 Å². The van der Waals surface area contributed by atoms with Crippen molar-refractivity contribution in [3.8, 4) is 6.07 Å². The van der Waals surface area contributed by atoms with Gasteiger partial charge in [-0.05, 0) is 42.0 Å². The van der Waals surface area contributed by atoms with Gasteiger partial charge < -0.3 is 9.52 Å². The van der Waals surface area contributed by atoms with Crippen LogP contribution in [0.1, 0.15) is 23.0 Å². The molecule has 98 valence electrons. The highest BCUT2D eigenvalue weighted by Crippen LogP contribution is 2.28. The smallest absolute Gasteiger partial charge is 0.138 e. The van der Waals surface area contributed by atoms with Crippen LogP contribution in [0.5, 0.6) is 0 Å². The zero-order valence-electron chi connectivity index (χ0n) is 10.4. The molecular formula is C16H10FNO2. The van der Waals surface area contributed by atoms with E-state index in [2.05, 4.69) is 0 Å². The van der Waals surface area contributed by atoms with Gasteiger partial charge in [-0.3, -0.25) is 0 Å². The second-order valence-electron chi connectivity index (χ2n) is 4.47. The number of nitrogens with zero attached hydrogens (tertiary/aromatic N) is 1. The summed E-state index contributed by atoms with van der Waals surface area (Å²) in [5.74, 6) is -0.00646. The van der Waals surface area contributed by atoms with Gasteiger partial charge in [0.2, 0.25) is 0 Å². The first-order valence-corrected chi connectivity index (χ1v) is 6.04. The van der Waals surface area contributed by atoms with Gasteiger partial charge in [0.15, 0.2) is 0 Å². The van der Waals surface area contributed by atoms with E-state index in [-0.39, 0.29) is 5.82 Å². The SMILES string of the molecule is N#Cc1ccc(C(O)c2cc3cc(F)ccc3o2)cc1. The molecule has 0 saturated carbocycles. The Kier molecular flexibility index (Phi) is 2.97. The largest absolute Gasteiger partial charge is 0.458 e. The number of hydrogen-bond acceptors (Lipinski definition) is 3. The highest BCUT2D eigenvalue weighted by molar-refractivity contribution is 5.78. The fourth-order valence-electron chi connectivity index (χ4n) is 2.07. The van der Waals surface area contributed by atoms with Gasteiger partial charge in [-0.15, -0.1) is 0 Å². The molecule has 0 aliphatic rings. The molecule has 0 saturated heterocycles. The Hall–Kier alpha value is -2.64. The predicted molar refractivity (Wildman–Crippen MR) is 71.4 cm³/mol. The molecule has 0 fully saturated rings. The Morgan fingerprint density at radius 1 is 1.10 bits per heavy atom. The lowest BCUT2D eigenvalue weighted by atomic mass is 10.1. The van der Waals surface area contributed by atoms with Gasteiger partial charge in [0.1, 0.15) is 23.3 Å². The number of fused-ring (bicyclic) bond motifs is 1. The van der Waals surface area contributed by atoms with Gasteiger partial charge in [-0.25, -0.2) is 4.39 Å². The molecular weight excluding hydrogens is 257 g/mol. The maximum Gasteiger partial charge on any atom is 0.138 e. The summed E-state index contributed by atoms with van der Waals surface area (Å²) in [6.45, 7) is 0. The Bertz CT molecular complexity index is 799. The quantitative estimate of drug-likeness (QED) is 0.772. The van der Waals surface area contributed by atoms with Crippen LogP contribution in [-0.2, 0) is 0 Å². The monoisotopic (exact) mass is 267 g/mol. The number of aliphatic hydroxyl groups excluding tert-OH is 1. The first kappa shape index (κ1) is 12.4. The van der Waals surface area contributed by atoms with Gasteiger partial charge in [-0.2, -0.15) is 5.26 Å². The van der Waals surface area contributed by atoms with E-state index in [4.69, 9.17) is 9.68 Å². The molecule has 0 radical (unpaired) electrons. The molecule has 0 spiro atoms. The van der Waals surface area contributed by atoms with Crippen LogP contribution in [0.25, 0.3) is 11.0 Å². The summed E-state index contributed by atoms with van der Waals surface area (Å²) in [6.07, 6.45) is -0.946. The molecule has 3 aromatic rings. The van der Waals surface area contributed by atoms with Gasteiger partial charge in [0.25, 0.3) is 0 Å². The molecule has 0 aliphatic carbocycles. The van der Waals surface area contributed by atoms with E-state index >= 15 is 0 Å². The van der Waals surface area contributed by atoms with Crippen LogP contribution in [0.3, 0.4) is 0 Å². The van der Waals surface area contributed by atoms with Crippen molar-refractivity contribution in [2.45, 2.75) is 6.10 Å². The van der Waals surface area contributed by atoms with Crippen molar-refractivity contribution >= 4 is 11.0 Å². The number of rotatable bonds is 2. The molecule has 0 aliphatic heterocycles. The molecule has 1 heterocycles. The molecule has 20 heavy (non-hydrogen) atoms. The second kappa shape index (κ2) is 4.80. The first-order chi connectivity index (χ1) is 9.67. The highest BCUT2D eigenvalue weighted by atomic mass is 19.1. The summed E-state index contributed by atoms with van der Waals surface area (Å²) < 4.78 is 18.6. The van der Waals surface area contributed by atoms with Crippen LogP contribution in [-0.4, -0.2) is 5.11 Å². The minimum Gasteiger partial charge on any atom is -0.458 e. The predicted octanol–water partition coefficient (Wildman–Crippen LogP) is 3.53. The Morgan fingerprint density at radius 2 is 1.85 bits per heavy atom. The summed E-state index contributed by atoms with van der Waals surface area (Å²) in [7, 11) is 0. The minimum atomic E-state index is -0.946. The third kappa shape index (κ3) is 2.15. The Morgan fingerprint density at radius 3 is 2.55 bits per heavy atom. The molecule has 3 rings (SSSR count). The maximum atomic E-state index is 13.1. The van der Waals surface area contributed by atoms with E-state index in [9.17, 15) is 9.50 Å². The number of nitriles is 1. The average molecular weight is 267 g/mol. The lowest BCUT2D eigenvalue weighted by molar-refractivity contribution is 0.192. The van der Waals surface area contributed by atoms with E-state index in [1.807, 2.05) is 6.07 Å². The molecule has 1 unspecified atom stereocenters. The fourth-order valence-corrected chi connectivity index (χ4v) is 2.07. The number of furan rings is 1. The summed E-state index contributed by atoms with van der Waals surface area (Å²) in [6, 6.07) is 14.4. The standard InChI is InChI=1S/C16H10FNO2/c17-13-5-6-14-12(7-13)8-15(20-14)16(19)11-3-1-10(9-18)2-4-11/h1-8,16,19H. The Balaban J connectivity index is 1.98. The highest BCUT2D eigenvalue weighted by Gasteiger charge is 2.15. The van der Waals surface area contributed by atoms with Crippen LogP contribution >= 0.6 is 0 Å². The number of benzene rings is 2. The lowest BCUT2D eigenvalue weighted by Gasteiger charge is -2.07. The van der Waals surface area contributed by atoms with Gasteiger partial charge >= 0.3 is 0 Å². The molecule has 1 aromatic heterocycles. The van der Waals surface area contributed by atoms with Crippen LogP contribution in [0.15, 0.2) is 52.9 Å². The third-order valence-corrected chi connectivity index (χ3v) is 3.12. The summed E-state index contributed by atoms with van der Waals surface area (Å²) >= 11 is 0. The summed E-state index contributed by atoms with van der Waals surface area (Å²) in [5.41, 5.74) is 1.66. The molecule has 3 nitrogen and oxygen atoms in total. The van der Waals surface area contributed by atoms with Gasteiger partial charge in [-0.1, -0.05) is 12.1 Å². The summed E-state index contributed by atoms with van der Waals surface area (Å²) in [4.78, 5) is 0. The number of halogens is 1. The van der Waals surface area contributed by atoms with E-state index in [0.717, 1.165) is 0 Å². The zero-order valence-corrected chi connectivity index (χ0v) is 10.4. The molecule has 0 amide bonds. The van der Waals surface area contributed by atoms with Crippen LogP contribution in [0.4, 0.5) is 4.39 Å². The van der Waals surface area contributed by atoms with E-state index in [0.29, 0.717) is 27.9 Å². The van der Waals surface area contributed by atoms with Crippen LogP contribution in [0, 0.1) is 17.1 Å². The lowest BCUT2D eigenvalue weighted by Crippen LogP contribution is -1.97. The van der Waals surface area contributed by atoms with Crippen molar-refractivity contribution in [3.63, 3.8) is 0 Å². The molecule has 0 bridgehead atoms. The fraction of sp³-hybridized carbons (Fsp3) is 0.0625. The number of aliphatic hydroxyl groups is 1. The normalized spacial score (nSPS) is 12.2. The van der Waals surface area contributed by atoms with Crippen LogP contribution < -0.4 is 0 Å². The van der Waals surface area contributed by atoms with Crippen molar-refractivity contribution in [2.75, 3.05) is 0 Å². The van der Waals surface area contributed by atoms with Crippen molar-refractivity contribution in [2.24, 2.45) is 0 Å².